The monoisotopic (exact) mass is 306 g/mol. The van der Waals surface area contributed by atoms with E-state index in [-0.39, 0.29) is 5.91 Å². The number of ether oxygens (including phenoxy) is 2. The third-order valence-electron chi connectivity index (χ3n) is 3.08. The maximum atomic E-state index is 12.2. The van der Waals surface area contributed by atoms with Crippen molar-refractivity contribution in [2.45, 2.75) is 6.92 Å². The van der Waals surface area contributed by atoms with E-state index in [1.807, 2.05) is 30.5 Å². The number of benzene rings is 1. The van der Waals surface area contributed by atoms with Crippen molar-refractivity contribution >= 4 is 22.2 Å². The van der Waals surface area contributed by atoms with Gasteiger partial charge in [0.2, 0.25) is 0 Å². The topological polar surface area (TPSA) is 73.6 Å². The maximum Gasteiger partial charge on any atom is 0.254 e. The fraction of sp³-hybridized carbons (Fsp3) is 0.267. The minimum Gasteiger partial charge on any atom is -0.493 e. The minimum atomic E-state index is -0.166. The summed E-state index contributed by atoms with van der Waals surface area (Å²) in [7, 11) is 3.16. The molecule has 0 bridgehead atoms. The summed E-state index contributed by atoms with van der Waals surface area (Å²) in [6, 6.07) is 5.53. The molecule has 112 valence electrons. The molecule has 0 saturated carbocycles. The summed E-state index contributed by atoms with van der Waals surface area (Å²) in [5.74, 6) is 1.09. The van der Waals surface area contributed by atoms with E-state index in [9.17, 15) is 4.79 Å². The van der Waals surface area contributed by atoms with Crippen molar-refractivity contribution in [3.8, 4) is 22.6 Å². The van der Waals surface area contributed by atoms with Crippen molar-refractivity contribution in [2.75, 3.05) is 26.5 Å². The van der Waals surface area contributed by atoms with Gasteiger partial charge in [0.05, 0.1) is 24.8 Å². The number of nitrogens with two attached hydrogens (primary N) is 1. The lowest BCUT2D eigenvalue weighted by Crippen LogP contribution is -2.23. The van der Waals surface area contributed by atoms with Gasteiger partial charge in [-0.25, -0.2) is 0 Å². The van der Waals surface area contributed by atoms with Crippen LogP contribution in [0.4, 0.5) is 5.00 Å². The molecule has 0 fully saturated rings. The second kappa shape index (κ2) is 6.49. The molecule has 6 heteroatoms. The van der Waals surface area contributed by atoms with Gasteiger partial charge in [0, 0.05) is 17.5 Å². The third kappa shape index (κ3) is 2.95. The number of amides is 1. The number of rotatable bonds is 5. The first-order chi connectivity index (χ1) is 10.1. The summed E-state index contributed by atoms with van der Waals surface area (Å²) >= 11 is 1.35. The molecule has 21 heavy (non-hydrogen) atoms. The van der Waals surface area contributed by atoms with Crippen LogP contribution in [-0.2, 0) is 0 Å². The molecule has 1 heterocycles. The highest BCUT2D eigenvalue weighted by Crippen LogP contribution is 2.37. The van der Waals surface area contributed by atoms with Crippen LogP contribution in [0.2, 0.25) is 0 Å². The number of thiophene rings is 1. The molecule has 0 aliphatic carbocycles. The second-order valence-corrected chi connectivity index (χ2v) is 5.23. The lowest BCUT2D eigenvalue weighted by atomic mass is 10.0. The van der Waals surface area contributed by atoms with Gasteiger partial charge in [-0.15, -0.1) is 11.3 Å². The Kier molecular flexibility index (Phi) is 4.70. The first-order valence-electron chi connectivity index (χ1n) is 6.49. The lowest BCUT2D eigenvalue weighted by Gasteiger charge is -2.10. The average molecular weight is 306 g/mol. The van der Waals surface area contributed by atoms with Crippen LogP contribution in [0.25, 0.3) is 11.1 Å². The molecule has 1 aromatic carbocycles. The molecule has 0 atom stereocenters. The molecule has 3 N–H and O–H groups in total. The quantitative estimate of drug-likeness (QED) is 0.891. The van der Waals surface area contributed by atoms with Crippen LogP contribution in [-0.4, -0.2) is 26.7 Å². The molecule has 1 aromatic heterocycles. The number of methoxy groups -OCH3 is 2. The zero-order valence-electron chi connectivity index (χ0n) is 12.2. The number of carbonyl (C=O) groups is 1. The largest absolute Gasteiger partial charge is 0.493 e. The van der Waals surface area contributed by atoms with Gasteiger partial charge >= 0.3 is 0 Å². The molecule has 2 aromatic rings. The van der Waals surface area contributed by atoms with Crippen LogP contribution in [0, 0.1) is 0 Å². The lowest BCUT2D eigenvalue weighted by molar-refractivity contribution is 0.0957. The Hall–Kier alpha value is -2.21. The van der Waals surface area contributed by atoms with E-state index in [0.717, 1.165) is 11.1 Å². The van der Waals surface area contributed by atoms with E-state index in [0.29, 0.717) is 28.6 Å². The fourth-order valence-corrected chi connectivity index (χ4v) is 2.89. The molecule has 5 nitrogen and oxygen atoms in total. The SMILES string of the molecule is CCNC(=O)c1c(-c2ccc(OC)c(OC)c2)csc1N. The highest BCUT2D eigenvalue weighted by molar-refractivity contribution is 7.15. The minimum absolute atomic E-state index is 0.166. The van der Waals surface area contributed by atoms with Crippen LogP contribution < -0.4 is 20.5 Å². The highest BCUT2D eigenvalue weighted by atomic mass is 32.1. The van der Waals surface area contributed by atoms with Gasteiger partial charge in [0.1, 0.15) is 0 Å². The first-order valence-corrected chi connectivity index (χ1v) is 7.37. The molecule has 0 radical (unpaired) electrons. The van der Waals surface area contributed by atoms with Crippen molar-refractivity contribution in [3.05, 3.63) is 29.1 Å². The summed E-state index contributed by atoms with van der Waals surface area (Å²) in [4.78, 5) is 12.2. The van der Waals surface area contributed by atoms with Crippen molar-refractivity contribution in [2.24, 2.45) is 0 Å². The molecule has 0 unspecified atom stereocenters. The summed E-state index contributed by atoms with van der Waals surface area (Å²) in [5, 5.41) is 5.16. The number of nitrogen functional groups attached to an aromatic ring is 1. The average Bonchev–Trinajstić information content (AvgIpc) is 2.88. The van der Waals surface area contributed by atoms with E-state index in [1.54, 1.807) is 14.2 Å². The van der Waals surface area contributed by atoms with Gasteiger partial charge in [-0.3, -0.25) is 4.79 Å². The Bertz CT molecular complexity index is 652. The second-order valence-electron chi connectivity index (χ2n) is 4.32. The summed E-state index contributed by atoms with van der Waals surface area (Å²) in [6.07, 6.45) is 0. The van der Waals surface area contributed by atoms with Crippen LogP contribution in [0.1, 0.15) is 17.3 Å². The number of carbonyl (C=O) groups excluding carboxylic acids is 1. The van der Waals surface area contributed by atoms with E-state index in [2.05, 4.69) is 5.32 Å². The van der Waals surface area contributed by atoms with E-state index in [1.165, 1.54) is 11.3 Å². The summed E-state index contributed by atoms with van der Waals surface area (Å²) in [5.41, 5.74) is 8.11. The zero-order valence-corrected chi connectivity index (χ0v) is 13.0. The van der Waals surface area contributed by atoms with Gasteiger partial charge in [-0.2, -0.15) is 0 Å². The smallest absolute Gasteiger partial charge is 0.254 e. The molecule has 0 saturated heterocycles. The molecular weight excluding hydrogens is 288 g/mol. The molecule has 0 spiro atoms. The van der Waals surface area contributed by atoms with Gasteiger partial charge in [0.15, 0.2) is 11.5 Å². The third-order valence-corrected chi connectivity index (χ3v) is 3.89. The number of anilines is 1. The predicted molar refractivity (Wildman–Crippen MR) is 85.3 cm³/mol. The Balaban J connectivity index is 2.50. The fourth-order valence-electron chi connectivity index (χ4n) is 2.07. The van der Waals surface area contributed by atoms with Gasteiger partial charge in [-0.1, -0.05) is 6.07 Å². The van der Waals surface area contributed by atoms with E-state index in [4.69, 9.17) is 15.2 Å². The summed E-state index contributed by atoms with van der Waals surface area (Å²) < 4.78 is 10.5. The molecule has 2 rings (SSSR count). The van der Waals surface area contributed by atoms with E-state index >= 15 is 0 Å². The van der Waals surface area contributed by atoms with Crippen LogP contribution in [0.5, 0.6) is 11.5 Å². The summed E-state index contributed by atoms with van der Waals surface area (Å²) in [6.45, 7) is 2.43. The van der Waals surface area contributed by atoms with Crippen molar-refractivity contribution in [1.29, 1.82) is 0 Å². The van der Waals surface area contributed by atoms with Crippen LogP contribution >= 0.6 is 11.3 Å². The zero-order chi connectivity index (χ0) is 15.4. The van der Waals surface area contributed by atoms with Gasteiger partial charge in [0.25, 0.3) is 5.91 Å². The Morgan fingerprint density at radius 3 is 2.62 bits per heavy atom. The van der Waals surface area contributed by atoms with Crippen LogP contribution in [0.3, 0.4) is 0 Å². The number of nitrogens with one attached hydrogen (secondary N) is 1. The predicted octanol–water partition coefficient (Wildman–Crippen LogP) is 2.76. The maximum absolute atomic E-state index is 12.2. The van der Waals surface area contributed by atoms with Crippen molar-refractivity contribution in [1.82, 2.24) is 5.32 Å². The molecule has 0 aliphatic rings. The number of hydrogen-bond donors (Lipinski definition) is 2. The van der Waals surface area contributed by atoms with Gasteiger partial charge in [-0.05, 0) is 24.6 Å². The molecule has 0 aliphatic heterocycles. The number of hydrogen-bond acceptors (Lipinski definition) is 5. The normalized spacial score (nSPS) is 10.2. The van der Waals surface area contributed by atoms with Crippen molar-refractivity contribution < 1.29 is 14.3 Å². The Morgan fingerprint density at radius 1 is 1.29 bits per heavy atom. The van der Waals surface area contributed by atoms with E-state index < -0.39 is 0 Å². The standard InChI is InChI=1S/C15H18N2O3S/c1-4-17-15(18)13-10(8-21-14(13)16)9-5-6-11(19-2)12(7-9)20-3/h5-8H,4,16H2,1-3H3,(H,17,18). The van der Waals surface area contributed by atoms with Gasteiger partial charge < -0.3 is 20.5 Å². The highest BCUT2D eigenvalue weighted by Gasteiger charge is 2.19. The Labute approximate surface area is 127 Å². The van der Waals surface area contributed by atoms with Crippen molar-refractivity contribution in [3.63, 3.8) is 0 Å². The molecule has 1 amide bonds. The van der Waals surface area contributed by atoms with Crippen LogP contribution in [0.15, 0.2) is 23.6 Å². The Morgan fingerprint density at radius 2 is 2.00 bits per heavy atom. The first kappa shape index (κ1) is 15.2. The molecular formula is C15H18N2O3S.